The van der Waals surface area contributed by atoms with Gasteiger partial charge in [-0.3, -0.25) is 14.7 Å². The predicted molar refractivity (Wildman–Crippen MR) is 83.2 cm³/mol. The molecule has 7 heteroatoms. The van der Waals surface area contributed by atoms with E-state index >= 15 is 0 Å². The summed E-state index contributed by atoms with van der Waals surface area (Å²) >= 11 is 0. The van der Waals surface area contributed by atoms with Crippen LogP contribution in [0.2, 0.25) is 0 Å². The highest BCUT2D eigenvalue weighted by Crippen LogP contribution is 2.51. The number of non-ortho nitro benzene ring substituents is 1. The van der Waals surface area contributed by atoms with E-state index in [1.807, 2.05) is 0 Å². The molecule has 1 rings (SSSR count). The highest BCUT2D eigenvalue weighted by Gasteiger charge is 2.25. The molecule has 0 aliphatic carbocycles. The Morgan fingerprint density at radius 1 is 1.09 bits per heavy atom. The van der Waals surface area contributed by atoms with E-state index in [2.05, 4.69) is 11.8 Å². The van der Waals surface area contributed by atoms with Crippen molar-refractivity contribution in [2.24, 2.45) is 0 Å². The predicted octanol–water partition coefficient (Wildman–Crippen LogP) is 3.37. The van der Waals surface area contributed by atoms with E-state index in [1.165, 1.54) is 24.3 Å². The zero-order valence-corrected chi connectivity index (χ0v) is 12.8. The molecule has 0 unspecified atom stereocenters. The van der Waals surface area contributed by atoms with Crippen molar-refractivity contribution < 1.29 is 18.5 Å². The Hall–Kier alpha value is -2.11. The van der Waals surface area contributed by atoms with Crippen LogP contribution < -0.4 is 0 Å². The van der Waals surface area contributed by atoms with Crippen LogP contribution in [0.25, 0.3) is 0 Å². The largest absolute Gasteiger partial charge is 0.335 e. The van der Waals surface area contributed by atoms with Crippen molar-refractivity contribution in [3.05, 3.63) is 39.9 Å². The Balaban J connectivity index is 2.78. The van der Waals surface area contributed by atoms with Gasteiger partial charge in [0.05, 0.1) is 24.3 Å². The quantitative estimate of drug-likeness (QED) is 0.229. The molecule has 0 aliphatic rings. The van der Waals surface area contributed by atoms with Crippen LogP contribution in [0.4, 0.5) is 5.69 Å². The Morgan fingerprint density at radius 2 is 1.59 bits per heavy atom. The van der Waals surface area contributed by atoms with Crippen LogP contribution >= 0.6 is 7.60 Å². The average molecular weight is 321 g/mol. The van der Waals surface area contributed by atoms with Gasteiger partial charge < -0.3 is 9.05 Å². The fourth-order valence-corrected chi connectivity index (χ4v) is 3.22. The number of nitrogens with zero attached hydrogens (tertiary/aromatic N) is 1. The van der Waals surface area contributed by atoms with Crippen molar-refractivity contribution in [1.82, 2.24) is 0 Å². The molecule has 0 heterocycles. The molecule has 0 aliphatic heterocycles. The lowest BCUT2D eigenvalue weighted by Gasteiger charge is -2.17. The fraction of sp³-hybridized carbons (Fsp3) is 0.333. The molecular formula is C15H16NO5P. The molecule has 0 saturated carbocycles. The van der Waals surface area contributed by atoms with Crippen LogP contribution in [0.1, 0.15) is 18.4 Å². The maximum atomic E-state index is 12.6. The second-order valence-corrected chi connectivity index (χ2v) is 6.32. The third kappa shape index (κ3) is 6.11. The smallest absolute Gasteiger partial charge is 0.307 e. The van der Waals surface area contributed by atoms with Crippen LogP contribution in [-0.4, -0.2) is 18.1 Å². The van der Waals surface area contributed by atoms with E-state index < -0.39 is 12.5 Å². The van der Waals surface area contributed by atoms with Crippen molar-refractivity contribution in [2.45, 2.75) is 19.0 Å². The molecular weight excluding hydrogens is 305 g/mol. The van der Waals surface area contributed by atoms with Crippen molar-refractivity contribution in [3.63, 3.8) is 0 Å². The summed E-state index contributed by atoms with van der Waals surface area (Å²) in [5.41, 5.74) is 0.565. The molecule has 22 heavy (non-hydrogen) atoms. The van der Waals surface area contributed by atoms with Gasteiger partial charge in [0.25, 0.3) is 5.69 Å². The lowest BCUT2D eigenvalue weighted by Crippen LogP contribution is -2.02. The molecule has 0 aromatic heterocycles. The van der Waals surface area contributed by atoms with Gasteiger partial charge >= 0.3 is 7.60 Å². The number of benzene rings is 1. The van der Waals surface area contributed by atoms with Gasteiger partial charge in [-0.2, -0.15) is 0 Å². The average Bonchev–Trinajstić information content (AvgIpc) is 2.48. The standard InChI is InChI=1S/C15H16NO5P/c1-3-5-11-20-22(19,21-12-6-4-2)13-14-7-9-15(10-8-14)16(17)18/h1-2,7-10H,5-6,11-13H2. The molecule has 0 N–H and O–H groups in total. The van der Waals surface area contributed by atoms with Gasteiger partial charge in [-0.25, -0.2) is 0 Å². The van der Waals surface area contributed by atoms with Gasteiger partial charge in [0.15, 0.2) is 0 Å². The van der Waals surface area contributed by atoms with Gasteiger partial charge in [0.2, 0.25) is 0 Å². The minimum Gasteiger partial charge on any atom is -0.307 e. The summed E-state index contributed by atoms with van der Waals surface area (Å²) in [7, 11) is -3.40. The van der Waals surface area contributed by atoms with Crippen LogP contribution in [0, 0.1) is 34.8 Å². The SMILES string of the molecule is C#CCCOP(=O)(Cc1ccc([N+](=O)[O-])cc1)OCCC#C. The Bertz CT molecular complexity index is 603. The van der Waals surface area contributed by atoms with E-state index in [0.29, 0.717) is 18.4 Å². The second kappa shape index (κ2) is 9.02. The number of rotatable bonds is 9. The topological polar surface area (TPSA) is 78.7 Å². The van der Waals surface area contributed by atoms with Gasteiger partial charge in [-0.05, 0) is 5.56 Å². The number of terminal acetylenes is 2. The summed E-state index contributed by atoms with van der Waals surface area (Å²) in [6.07, 6.45) is 10.9. The van der Waals surface area contributed by atoms with Crippen LogP contribution in [0.5, 0.6) is 0 Å². The van der Waals surface area contributed by atoms with E-state index in [9.17, 15) is 14.7 Å². The summed E-state index contributed by atoms with van der Waals surface area (Å²) < 4.78 is 23.2. The molecule has 0 spiro atoms. The number of nitro groups is 1. The van der Waals surface area contributed by atoms with Crippen LogP contribution in [0.3, 0.4) is 0 Å². The van der Waals surface area contributed by atoms with Crippen molar-refractivity contribution in [1.29, 1.82) is 0 Å². The van der Waals surface area contributed by atoms with Crippen molar-refractivity contribution in [3.8, 4) is 24.7 Å². The second-order valence-electron chi connectivity index (χ2n) is 4.27. The van der Waals surface area contributed by atoms with Gasteiger partial charge in [0, 0.05) is 25.0 Å². The number of nitro benzene ring substituents is 1. The third-order valence-corrected chi connectivity index (χ3v) is 4.50. The Morgan fingerprint density at radius 3 is 2.00 bits per heavy atom. The van der Waals surface area contributed by atoms with E-state index in [1.54, 1.807) is 0 Å². The Labute approximate surface area is 129 Å². The lowest BCUT2D eigenvalue weighted by atomic mass is 10.2. The van der Waals surface area contributed by atoms with Gasteiger partial charge in [0.1, 0.15) is 0 Å². The molecule has 0 bridgehead atoms. The molecule has 1 aromatic carbocycles. The molecule has 0 saturated heterocycles. The first-order chi connectivity index (χ1) is 10.5. The first kappa shape index (κ1) is 17.9. The van der Waals surface area contributed by atoms with E-state index in [0.717, 1.165) is 0 Å². The summed E-state index contributed by atoms with van der Waals surface area (Å²) in [4.78, 5) is 10.1. The van der Waals surface area contributed by atoms with E-state index in [4.69, 9.17) is 21.9 Å². The summed E-state index contributed by atoms with van der Waals surface area (Å²) in [6.45, 7) is 0.216. The summed E-state index contributed by atoms with van der Waals surface area (Å²) in [6, 6.07) is 5.70. The molecule has 6 nitrogen and oxygen atoms in total. The normalized spacial score (nSPS) is 10.6. The molecule has 1 aromatic rings. The maximum Gasteiger partial charge on any atom is 0.335 e. The summed E-state index contributed by atoms with van der Waals surface area (Å²) in [5, 5.41) is 10.6. The molecule has 0 amide bonds. The third-order valence-electron chi connectivity index (χ3n) is 2.59. The fourth-order valence-electron chi connectivity index (χ4n) is 1.56. The monoisotopic (exact) mass is 321 g/mol. The molecule has 116 valence electrons. The van der Waals surface area contributed by atoms with Crippen molar-refractivity contribution >= 4 is 13.3 Å². The minimum absolute atomic E-state index is 0.000136. The zero-order valence-electron chi connectivity index (χ0n) is 11.9. The van der Waals surface area contributed by atoms with Crippen molar-refractivity contribution in [2.75, 3.05) is 13.2 Å². The highest BCUT2D eigenvalue weighted by molar-refractivity contribution is 7.53. The molecule has 0 atom stereocenters. The highest BCUT2D eigenvalue weighted by atomic mass is 31.2. The van der Waals surface area contributed by atoms with Gasteiger partial charge in [-0.1, -0.05) is 12.1 Å². The minimum atomic E-state index is -3.40. The first-order valence-electron chi connectivity index (χ1n) is 6.49. The summed E-state index contributed by atoms with van der Waals surface area (Å²) in [5.74, 6) is 4.76. The lowest BCUT2D eigenvalue weighted by molar-refractivity contribution is -0.384. The molecule has 0 radical (unpaired) electrons. The van der Waals surface area contributed by atoms with E-state index in [-0.39, 0.29) is 25.1 Å². The number of hydrogen-bond acceptors (Lipinski definition) is 5. The first-order valence-corrected chi connectivity index (χ1v) is 8.22. The van der Waals surface area contributed by atoms with Crippen LogP contribution in [-0.2, 0) is 19.8 Å². The van der Waals surface area contributed by atoms with Gasteiger partial charge in [-0.15, -0.1) is 24.7 Å². The number of hydrogen-bond donors (Lipinski definition) is 0. The van der Waals surface area contributed by atoms with Crippen LogP contribution in [0.15, 0.2) is 24.3 Å². The zero-order chi connectivity index (χ0) is 16.4. The maximum absolute atomic E-state index is 12.6. The Kier molecular flexibility index (Phi) is 7.36. The molecule has 0 fully saturated rings.